The lowest BCUT2D eigenvalue weighted by atomic mass is 10.3. The van der Waals surface area contributed by atoms with Crippen LogP contribution in [0, 0.1) is 0 Å². The quantitative estimate of drug-likeness (QED) is 0.267. The number of aromatic nitrogens is 1. The molecule has 1 unspecified atom stereocenters. The minimum atomic E-state index is -0.145. The van der Waals surface area contributed by atoms with Gasteiger partial charge in [0, 0.05) is 19.4 Å². The van der Waals surface area contributed by atoms with Gasteiger partial charge in [-0.3, -0.25) is 0 Å². The van der Waals surface area contributed by atoms with E-state index in [1.807, 2.05) is 12.1 Å². The topological polar surface area (TPSA) is 59.0 Å². The number of pyridine rings is 1. The summed E-state index contributed by atoms with van der Waals surface area (Å²) in [5.74, 6) is 0.584. The van der Waals surface area contributed by atoms with Gasteiger partial charge < -0.3 is 23.7 Å². The predicted octanol–water partition coefficient (Wildman–Crippen LogP) is 3.75. The fraction of sp³-hybridized carbons (Fsp3) is 0.650. The molecule has 0 aliphatic rings. The van der Waals surface area contributed by atoms with Crippen LogP contribution in [0.25, 0.3) is 0 Å². The molecule has 0 saturated heterocycles. The minimum absolute atomic E-state index is 0.145. The van der Waals surface area contributed by atoms with Crippen molar-refractivity contribution in [3.05, 3.63) is 35.5 Å². The average molecular weight is 367 g/mol. The SMILES string of the molecule is CCCC(OC)OCCOCCOc1ccc(COCC=C(C)C)cn1. The standard InChI is InChI=1S/C20H33NO5/c1-5-6-20(22-4)26-14-12-23-11-13-25-19-8-7-18(15-21-19)16-24-10-9-17(2)3/h7-9,15,20H,5-6,10-14,16H2,1-4H3. The first kappa shape index (κ1) is 22.6. The fourth-order valence-corrected chi connectivity index (χ4v) is 2.03. The summed E-state index contributed by atoms with van der Waals surface area (Å²) in [6.45, 7) is 9.33. The third-order valence-corrected chi connectivity index (χ3v) is 3.47. The number of methoxy groups -OCH3 is 1. The number of ether oxygens (including phenoxy) is 5. The highest BCUT2D eigenvalue weighted by molar-refractivity contribution is 5.17. The van der Waals surface area contributed by atoms with Crippen LogP contribution < -0.4 is 4.74 Å². The second-order valence-corrected chi connectivity index (χ2v) is 6.09. The molecule has 0 amide bonds. The zero-order valence-corrected chi connectivity index (χ0v) is 16.5. The van der Waals surface area contributed by atoms with Crippen LogP contribution in [0.1, 0.15) is 39.2 Å². The van der Waals surface area contributed by atoms with Crippen molar-refractivity contribution in [3.8, 4) is 5.88 Å². The summed E-state index contributed by atoms with van der Waals surface area (Å²) in [6, 6.07) is 3.80. The molecule has 1 heterocycles. The van der Waals surface area contributed by atoms with Gasteiger partial charge in [0.05, 0.1) is 33.0 Å². The van der Waals surface area contributed by atoms with Gasteiger partial charge in [-0.05, 0) is 31.9 Å². The van der Waals surface area contributed by atoms with Gasteiger partial charge in [-0.25, -0.2) is 4.98 Å². The number of hydrogen-bond acceptors (Lipinski definition) is 6. The Morgan fingerprint density at radius 1 is 1.12 bits per heavy atom. The molecule has 26 heavy (non-hydrogen) atoms. The molecule has 0 spiro atoms. The molecule has 1 atom stereocenters. The van der Waals surface area contributed by atoms with Crippen molar-refractivity contribution in [2.24, 2.45) is 0 Å². The van der Waals surface area contributed by atoms with Crippen molar-refractivity contribution in [1.29, 1.82) is 0 Å². The maximum absolute atomic E-state index is 5.55. The lowest BCUT2D eigenvalue weighted by Crippen LogP contribution is -2.19. The maximum Gasteiger partial charge on any atom is 0.213 e. The van der Waals surface area contributed by atoms with Crippen LogP contribution in [-0.4, -0.2) is 51.4 Å². The monoisotopic (exact) mass is 367 g/mol. The predicted molar refractivity (Wildman–Crippen MR) is 101 cm³/mol. The van der Waals surface area contributed by atoms with Gasteiger partial charge in [-0.15, -0.1) is 0 Å². The summed E-state index contributed by atoms with van der Waals surface area (Å²) in [4.78, 5) is 4.27. The zero-order chi connectivity index (χ0) is 19.0. The lowest BCUT2D eigenvalue weighted by Gasteiger charge is -2.15. The van der Waals surface area contributed by atoms with Crippen LogP contribution in [0.2, 0.25) is 0 Å². The minimum Gasteiger partial charge on any atom is -0.475 e. The second kappa shape index (κ2) is 14.7. The molecule has 0 radical (unpaired) electrons. The van der Waals surface area contributed by atoms with E-state index in [1.54, 1.807) is 13.3 Å². The first-order chi connectivity index (χ1) is 12.7. The van der Waals surface area contributed by atoms with Gasteiger partial charge in [0.15, 0.2) is 6.29 Å². The van der Waals surface area contributed by atoms with E-state index in [4.69, 9.17) is 23.7 Å². The van der Waals surface area contributed by atoms with Crippen LogP contribution >= 0.6 is 0 Å². The van der Waals surface area contributed by atoms with Crippen molar-refractivity contribution >= 4 is 0 Å². The molecule has 0 aromatic carbocycles. The first-order valence-corrected chi connectivity index (χ1v) is 9.16. The Morgan fingerprint density at radius 2 is 1.92 bits per heavy atom. The van der Waals surface area contributed by atoms with E-state index < -0.39 is 0 Å². The molecular weight excluding hydrogens is 334 g/mol. The van der Waals surface area contributed by atoms with Crippen LogP contribution in [0.4, 0.5) is 0 Å². The van der Waals surface area contributed by atoms with Crippen molar-refractivity contribution in [2.45, 2.75) is 46.5 Å². The van der Waals surface area contributed by atoms with Gasteiger partial charge in [0.1, 0.15) is 6.61 Å². The van der Waals surface area contributed by atoms with E-state index in [0.717, 1.165) is 18.4 Å². The highest BCUT2D eigenvalue weighted by Gasteiger charge is 2.05. The second-order valence-electron chi connectivity index (χ2n) is 6.09. The molecular formula is C20H33NO5. The largest absolute Gasteiger partial charge is 0.475 e. The summed E-state index contributed by atoms with van der Waals surface area (Å²) >= 11 is 0. The van der Waals surface area contributed by atoms with Crippen molar-refractivity contribution in [1.82, 2.24) is 4.98 Å². The van der Waals surface area contributed by atoms with Gasteiger partial charge in [0.2, 0.25) is 5.88 Å². The van der Waals surface area contributed by atoms with Gasteiger partial charge >= 0.3 is 0 Å². The van der Waals surface area contributed by atoms with E-state index >= 15 is 0 Å². The molecule has 148 valence electrons. The molecule has 0 N–H and O–H groups in total. The van der Waals surface area contributed by atoms with E-state index in [9.17, 15) is 0 Å². The molecule has 0 saturated carbocycles. The van der Waals surface area contributed by atoms with Crippen LogP contribution in [0.3, 0.4) is 0 Å². The average Bonchev–Trinajstić information content (AvgIpc) is 2.64. The normalized spacial score (nSPS) is 12.0. The Labute approximate surface area is 157 Å². The Morgan fingerprint density at radius 3 is 2.58 bits per heavy atom. The molecule has 1 aromatic heterocycles. The van der Waals surface area contributed by atoms with E-state index in [2.05, 4.69) is 31.8 Å². The van der Waals surface area contributed by atoms with E-state index in [-0.39, 0.29) is 6.29 Å². The van der Waals surface area contributed by atoms with Gasteiger partial charge in [-0.2, -0.15) is 0 Å². The Hall–Kier alpha value is -1.47. The Kier molecular flexibility index (Phi) is 12.7. The molecule has 6 nitrogen and oxygen atoms in total. The number of hydrogen-bond donors (Lipinski definition) is 0. The third-order valence-electron chi connectivity index (χ3n) is 3.47. The fourth-order valence-electron chi connectivity index (χ4n) is 2.03. The molecule has 1 aromatic rings. The summed E-state index contributed by atoms with van der Waals surface area (Å²) in [7, 11) is 1.66. The molecule has 0 aliphatic carbocycles. The highest BCUT2D eigenvalue weighted by Crippen LogP contribution is 2.08. The third kappa shape index (κ3) is 11.2. The van der Waals surface area contributed by atoms with Crippen molar-refractivity contribution in [3.63, 3.8) is 0 Å². The smallest absolute Gasteiger partial charge is 0.213 e. The lowest BCUT2D eigenvalue weighted by molar-refractivity contribution is -0.137. The molecule has 0 fully saturated rings. The van der Waals surface area contributed by atoms with Crippen LogP contribution in [0.15, 0.2) is 30.0 Å². The van der Waals surface area contributed by atoms with Crippen LogP contribution in [0.5, 0.6) is 5.88 Å². The molecule has 0 aliphatic heterocycles. The van der Waals surface area contributed by atoms with Gasteiger partial charge in [-0.1, -0.05) is 25.0 Å². The van der Waals surface area contributed by atoms with Crippen LogP contribution in [-0.2, 0) is 25.6 Å². The summed E-state index contributed by atoms with van der Waals surface area (Å²) in [6.07, 6.45) is 5.59. The highest BCUT2D eigenvalue weighted by atomic mass is 16.7. The molecule has 0 bridgehead atoms. The van der Waals surface area contributed by atoms with E-state index in [1.165, 1.54) is 5.57 Å². The Balaban J connectivity index is 2.08. The Bertz CT molecular complexity index is 485. The van der Waals surface area contributed by atoms with Gasteiger partial charge in [0.25, 0.3) is 0 Å². The molecule has 6 heteroatoms. The number of rotatable bonds is 15. The summed E-state index contributed by atoms with van der Waals surface area (Å²) < 4.78 is 27.3. The summed E-state index contributed by atoms with van der Waals surface area (Å²) in [5, 5.41) is 0. The summed E-state index contributed by atoms with van der Waals surface area (Å²) in [5.41, 5.74) is 2.27. The zero-order valence-electron chi connectivity index (χ0n) is 16.5. The number of nitrogens with zero attached hydrogens (tertiary/aromatic N) is 1. The number of allylic oxidation sites excluding steroid dienone is 1. The van der Waals surface area contributed by atoms with Crippen molar-refractivity contribution < 1.29 is 23.7 Å². The maximum atomic E-state index is 5.55. The van der Waals surface area contributed by atoms with E-state index in [0.29, 0.717) is 45.5 Å². The molecule has 1 rings (SSSR count). The first-order valence-electron chi connectivity index (χ1n) is 9.16. The van der Waals surface area contributed by atoms with Crippen molar-refractivity contribution in [2.75, 3.05) is 40.1 Å².